The summed E-state index contributed by atoms with van der Waals surface area (Å²) in [6.45, 7) is 3.28. The highest BCUT2D eigenvalue weighted by atomic mass is 19.1. The molecule has 0 aromatic heterocycles. The van der Waals surface area contributed by atoms with Gasteiger partial charge < -0.3 is 9.84 Å². The summed E-state index contributed by atoms with van der Waals surface area (Å²) >= 11 is 0. The molecule has 1 aromatic rings. The molecule has 0 unspecified atom stereocenters. The van der Waals surface area contributed by atoms with Crippen LogP contribution < -0.4 is 0 Å². The number of aliphatic hydroxyl groups excluding tert-OH is 1. The van der Waals surface area contributed by atoms with E-state index in [1.807, 2.05) is 0 Å². The number of nitrogens with zero attached hydrogens (tertiary/aromatic N) is 2. The van der Waals surface area contributed by atoms with Crippen molar-refractivity contribution in [1.29, 1.82) is 5.26 Å². The van der Waals surface area contributed by atoms with Gasteiger partial charge in [-0.1, -0.05) is 25.1 Å². The predicted octanol–water partition coefficient (Wildman–Crippen LogP) is 3.92. The monoisotopic (exact) mass is 556 g/mol. The van der Waals surface area contributed by atoms with Gasteiger partial charge in [-0.25, -0.2) is 18.0 Å². The molecule has 5 aliphatic rings. The molecule has 0 bridgehead atoms. The number of alkyl halides is 2. The van der Waals surface area contributed by atoms with Gasteiger partial charge in [-0.3, -0.25) is 9.63 Å². The second-order valence-corrected chi connectivity index (χ2v) is 12.3. The maximum atomic E-state index is 17.5. The molecule has 10 heteroatoms. The Morgan fingerprint density at radius 3 is 2.67 bits per heavy atom. The molecular formula is C30H31F3N2O5. The lowest BCUT2D eigenvalue weighted by molar-refractivity contribution is -0.277. The Morgan fingerprint density at radius 1 is 1.25 bits per heavy atom. The molecule has 0 radical (unpaired) electrons. The second kappa shape index (κ2) is 9.00. The number of aliphatic hydroxyl groups is 1. The van der Waals surface area contributed by atoms with Gasteiger partial charge in [0.05, 0.1) is 6.10 Å². The summed E-state index contributed by atoms with van der Waals surface area (Å²) in [7, 11) is 0. The van der Waals surface area contributed by atoms with E-state index in [1.165, 1.54) is 31.2 Å². The van der Waals surface area contributed by atoms with Crippen LogP contribution in [0.25, 0.3) is 0 Å². The Balaban J connectivity index is 1.40. The minimum atomic E-state index is -2.28. The number of hydroxylamine groups is 2. The van der Waals surface area contributed by atoms with Crippen molar-refractivity contribution >= 4 is 11.8 Å². The molecule has 0 amide bonds. The summed E-state index contributed by atoms with van der Waals surface area (Å²) in [5.74, 6) is -3.60. The summed E-state index contributed by atoms with van der Waals surface area (Å²) < 4.78 is 52.0. The number of allylic oxidation sites excluding steroid dienone is 4. The molecule has 1 aromatic carbocycles. The fraction of sp³-hybridized carbons (Fsp3) is 0.567. The summed E-state index contributed by atoms with van der Waals surface area (Å²) in [5.41, 5.74) is -5.85. The third-order valence-corrected chi connectivity index (χ3v) is 10.5. The fourth-order valence-electron chi connectivity index (χ4n) is 8.75. The maximum Gasteiger partial charge on any atom is 0.342 e. The van der Waals surface area contributed by atoms with Crippen molar-refractivity contribution in [1.82, 2.24) is 5.06 Å². The van der Waals surface area contributed by atoms with Gasteiger partial charge in [0, 0.05) is 35.8 Å². The lowest BCUT2D eigenvalue weighted by atomic mass is 9.44. The van der Waals surface area contributed by atoms with Crippen LogP contribution in [0.15, 0.2) is 48.1 Å². The Labute approximate surface area is 230 Å². The second-order valence-electron chi connectivity index (χ2n) is 12.3. The fourth-order valence-corrected chi connectivity index (χ4v) is 8.75. The first-order valence-corrected chi connectivity index (χ1v) is 13.6. The zero-order valence-corrected chi connectivity index (χ0v) is 22.3. The number of ketones is 1. The Kier molecular flexibility index (Phi) is 6.12. The van der Waals surface area contributed by atoms with E-state index in [0.717, 1.165) is 11.6 Å². The number of halogens is 3. The zero-order chi connectivity index (χ0) is 28.7. The molecule has 4 fully saturated rings. The van der Waals surface area contributed by atoms with Crippen LogP contribution in [0.2, 0.25) is 0 Å². The van der Waals surface area contributed by atoms with Crippen molar-refractivity contribution in [3.63, 3.8) is 0 Å². The average molecular weight is 557 g/mol. The number of hydrogen-bond acceptors (Lipinski definition) is 7. The van der Waals surface area contributed by atoms with Crippen LogP contribution in [0.5, 0.6) is 0 Å². The van der Waals surface area contributed by atoms with E-state index in [-0.39, 0.29) is 37.3 Å². The SMILES string of the molecule is C[C@]12C=CC(=O)C=C1[C@@H](F)C[C@H]1[C@@H]3C[C@H]4CN(Cc5ccc(F)cc5)O[C@@]4(C(=O)OCC#N)[C@@]3(C)C[C@H](O)[C@@]12F. The number of nitriles is 1. The topological polar surface area (TPSA) is 99.9 Å². The number of fused-ring (bicyclic) bond motifs is 7. The van der Waals surface area contributed by atoms with Crippen LogP contribution >= 0.6 is 0 Å². The molecule has 1 aliphatic heterocycles. The first kappa shape index (κ1) is 27.2. The van der Waals surface area contributed by atoms with Crippen molar-refractivity contribution in [2.24, 2.45) is 28.6 Å². The molecule has 0 spiro atoms. The van der Waals surface area contributed by atoms with E-state index in [4.69, 9.17) is 14.8 Å². The maximum absolute atomic E-state index is 17.5. The Bertz CT molecular complexity index is 1360. The minimum Gasteiger partial charge on any atom is -0.448 e. The molecule has 9 atom stereocenters. The van der Waals surface area contributed by atoms with Gasteiger partial charge >= 0.3 is 5.97 Å². The van der Waals surface area contributed by atoms with Crippen LogP contribution in [0.4, 0.5) is 13.2 Å². The van der Waals surface area contributed by atoms with Crippen molar-refractivity contribution in [2.75, 3.05) is 13.2 Å². The van der Waals surface area contributed by atoms with E-state index in [9.17, 15) is 19.1 Å². The Hall–Kier alpha value is -3.00. The van der Waals surface area contributed by atoms with Crippen LogP contribution in [0, 0.1) is 45.7 Å². The summed E-state index contributed by atoms with van der Waals surface area (Å²) in [6.07, 6.45) is 0.436. The average Bonchev–Trinajstić information content (AvgIpc) is 3.39. The molecule has 7 nitrogen and oxygen atoms in total. The van der Waals surface area contributed by atoms with E-state index in [1.54, 1.807) is 30.2 Å². The number of carbonyl (C=O) groups is 2. The highest BCUT2D eigenvalue weighted by Crippen LogP contribution is 2.72. The quantitative estimate of drug-likeness (QED) is 0.561. The zero-order valence-electron chi connectivity index (χ0n) is 22.3. The van der Waals surface area contributed by atoms with Gasteiger partial charge in [0.25, 0.3) is 0 Å². The highest BCUT2D eigenvalue weighted by Gasteiger charge is 2.80. The summed E-state index contributed by atoms with van der Waals surface area (Å²) in [6, 6.07) is 7.66. The van der Waals surface area contributed by atoms with E-state index in [0.29, 0.717) is 6.42 Å². The third kappa shape index (κ3) is 3.41. The molecule has 1 N–H and O–H groups in total. The highest BCUT2D eigenvalue weighted by molar-refractivity contribution is 6.01. The normalized spacial score (nSPS) is 43.7. The molecule has 4 aliphatic carbocycles. The summed E-state index contributed by atoms with van der Waals surface area (Å²) in [4.78, 5) is 32.3. The van der Waals surface area contributed by atoms with Gasteiger partial charge in [0.2, 0.25) is 0 Å². The molecular weight excluding hydrogens is 525 g/mol. The summed E-state index contributed by atoms with van der Waals surface area (Å²) in [5, 5.41) is 22.3. The Morgan fingerprint density at radius 2 is 1.98 bits per heavy atom. The number of hydrogen-bond donors (Lipinski definition) is 1. The number of benzene rings is 1. The van der Waals surface area contributed by atoms with Crippen LogP contribution in [-0.2, 0) is 25.7 Å². The lowest BCUT2D eigenvalue weighted by Crippen LogP contribution is -2.70. The van der Waals surface area contributed by atoms with Gasteiger partial charge in [0.15, 0.2) is 23.7 Å². The van der Waals surface area contributed by atoms with Crippen molar-refractivity contribution < 1.29 is 37.4 Å². The largest absolute Gasteiger partial charge is 0.448 e. The smallest absolute Gasteiger partial charge is 0.342 e. The van der Waals surface area contributed by atoms with Gasteiger partial charge in [-0.15, -0.1) is 0 Å². The van der Waals surface area contributed by atoms with Crippen molar-refractivity contribution in [2.45, 2.75) is 63.2 Å². The molecule has 3 saturated carbocycles. The predicted molar refractivity (Wildman–Crippen MR) is 135 cm³/mol. The molecule has 1 saturated heterocycles. The molecule has 212 valence electrons. The van der Waals surface area contributed by atoms with E-state index in [2.05, 4.69) is 0 Å². The lowest BCUT2D eigenvalue weighted by Gasteiger charge is -2.63. The standard InChI is InChI=1S/C30H31F3N2O5/c1-27-8-7-20(36)12-23(27)24(32)13-22-21-11-18-16-35(15-17-3-5-19(31)6-4-17)40-30(18,26(38)39-10-9-34)28(21,2)14-25(37)29(22,27)33/h3-8,12,18,21-22,24-25,37H,10-11,13-16H2,1-2H3/t18-,21-,22-,24-,25-,27-,28-,29-,30-/m0/s1. The van der Waals surface area contributed by atoms with Crippen LogP contribution in [0.3, 0.4) is 0 Å². The minimum absolute atomic E-state index is 0.0319. The first-order valence-electron chi connectivity index (χ1n) is 13.6. The number of rotatable bonds is 4. The van der Waals surface area contributed by atoms with E-state index < -0.39 is 70.5 Å². The van der Waals surface area contributed by atoms with Gasteiger partial charge in [-0.05, 0) is 67.5 Å². The molecule has 40 heavy (non-hydrogen) atoms. The van der Waals surface area contributed by atoms with Crippen molar-refractivity contribution in [3.05, 3.63) is 59.4 Å². The third-order valence-electron chi connectivity index (χ3n) is 10.5. The van der Waals surface area contributed by atoms with Gasteiger partial charge in [-0.2, -0.15) is 10.3 Å². The number of carbonyl (C=O) groups excluding carboxylic acids is 2. The number of esters is 1. The van der Waals surface area contributed by atoms with Gasteiger partial charge in [0.1, 0.15) is 18.1 Å². The van der Waals surface area contributed by atoms with Crippen LogP contribution in [0.1, 0.15) is 38.7 Å². The van der Waals surface area contributed by atoms with Crippen LogP contribution in [-0.4, -0.2) is 58.6 Å². The first-order chi connectivity index (χ1) is 18.9. The van der Waals surface area contributed by atoms with Crippen molar-refractivity contribution in [3.8, 4) is 6.07 Å². The van der Waals surface area contributed by atoms with E-state index >= 15 is 8.78 Å². The number of ether oxygens (including phenoxy) is 1. The molecule has 6 rings (SSSR count). The molecule has 1 heterocycles.